The van der Waals surface area contributed by atoms with Gasteiger partial charge < -0.3 is 10.5 Å². The van der Waals surface area contributed by atoms with Gasteiger partial charge in [0.15, 0.2) is 0 Å². The van der Waals surface area contributed by atoms with Crippen LogP contribution in [0.2, 0.25) is 0 Å². The Hall–Kier alpha value is -1.75. The lowest BCUT2D eigenvalue weighted by atomic mass is 10.2. The van der Waals surface area contributed by atoms with Crippen molar-refractivity contribution in [3.63, 3.8) is 0 Å². The first-order valence-corrected chi connectivity index (χ1v) is 6.50. The summed E-state index contributed by atoms with van der Waals surface area (Å²) in [5.41, 5.74) is 7.68. The molecule has 0 aliphatic rings. The zero-order chi connectivity index (χ0) is 13.0. The van der Waals surface area contributed by atoms with Crippen molar-refractivity contribution in [1.82, 2.24) is 9.97 Å². The summed E-state index contributed by atoms with van der Waals surface area (Å²) in [6.07, 6.45) is 1.47. The minimum absolute atomic E-state index is 0.447. The van der Waals surface area contributed by atoms with E-state index in [-0.39, 0.29) is 0 Å². The lowest BCUT2D eigenvalue weighted by Gasteiger charge is -2.08. The molecule has 0 radical (unpaired) electrons. The van der Waals surface area contributed by atoms with Crippen molar-refractivity contribution in [3.8, 4) is 5.88 Å². The molecule has 1 aromatic heterocycles. The highest BCUT2D eigenvalue weighted by molar-refractivity contribution is 7.99. The van der Waals surface area contributed by atoms with Crippen molar-refractivity contribution < 1.29 is 4.74 Å². The Balaban J connectivity index is 2.26. The molecule has 94 valence electrons. The Labute approximate surface area is 111 Å². The van der Waals surface area contributed by atoms with Crippen molar-refractivity contribution in [3.05, 3.63) is 36.2 Å². The third kappa shape index (κ3) is 2.92. The summed E-state index contributed by atoms with van der Waals surface area (Å²) in [4.78, 5) is 9.31. The summed E-state index contributed by atoms with van der Waals surface area (Å²) in [6, 6.07) is 8.18. The fraction of sp³-hybridized carbons (Fsp3) is 0.231. The first kappa shape index (κ1) is 12.7. The molecule has 0 saturated heterocycles. The van der Waals surface area contributed by atoms with Crippen LogP contribution in [0.5, 0.6) is 5.88 Å². The maximum Gasteiger partial charge on any atom is 0.241 e. The van der Waals surface area contributed by atoms with Crippen LogP contribution in [0.4, 0.5) is 5.69 Å². The quantitative estimate of drug-likeness (QED) is 0.857. The number of anilines is 1. The number of hydrogen-bond acceptors (Lipinski definition) is 5. The van der Waals surface area contributed by atoms with Crippen LogP contribution in [-0.2, 0) is 0 Å². The molecule has 0 amide bonds. The molecule has 2 N–H and O–H groups in total. The van der Waals surface area contributed by atoms with Crippen LogP contribution in [0.3, 0.4) is 0 Å². The van der Waals surface area contributed by atoms with Gasteiger partial charge in [0.2, 0.25) is 5.88 Å². The smallest absolute Gasteiger partial charge is 0.241 e. The highest BCUT2D eigenvalue weighted by Gasteiger charge is 2.10. The zero-order valence-electron chi connectivity index (χ0n) is 10.4. The van der Waals surface area contributed by atoms with E-state index in [9.17, 15) is 0 Å². The number of ether oxygens (including phenoxy) is 1. The normalized spacial score (nSPS) is 10.3. The Morgan fingerprint density at radius 2 is 2.17 bits per heavy atom. The Kier molecular flexibility index (Phi) is 4.04. The second-order valence-corrected chi connectivity index (χ2v) is 4.81. The van der Waals surface area contributed by atoms with Gasteiger partial charge in [0.05, 0.1) is 6.61 Å². The van der Waals surface area contributed by atoms with E-state index in [4.69, 9.17) is 10.5 Å². The number of nitrogens with two attached hydrogens (primary N) is 1. The van der Waals surface area contributed by atoms with E-state index < -0.39 is 0 Å². The van der Waals surface area contributed by atoms with Crippen LogP contribution in [0.1, 0.15) is 12.5 Å². The molecule has 0 saturated carbocycles. The molecule has 2 aromatic rings. The zero-order valence-corrected chi connectivity index (χ0v) is 11.2. The third-order valence-corrected chi connectivity index (χ3v) is 3.30. The number of aromatic nitrogens is 2. The standard InChI is InChI=1S/C13H15N3OS/c1-3-17-12-11(14)13(16-8-15-12)18-10-6-4-5-9(2)7-10/h4-8H,3,14H2,1-2H3. The highest BCUT2D eigenvalue weighted by Crippen LogP contribution is 2.33. The van der Waals surface area contributed by atoms with Gasteiger partial charge in [-0.25, -0.2) is 4.98 Å². The summed E-state index contributed by atoms with van der Waals surface area (Å²) >= 11 is 1.51. The molecule has 5 heteroatoms. The van der Waals surface area contributed by atoms with Gasteiger partial charge in [0.25, 0.3) is 0 Å². The van der Waals surface area contributed by atoms with Gasteiger partial charge in [-0.3, -0.25) is 0 Å². The fourth-order valence-electron chi connectivity index (χ4n) is 1.49. The molecular formula is C13H15N3OS. The minimum Gasteiger partial charge on any atom is -0.476 e. The van der Waals surface area contributed by atoms with E-state index in [0.29, 0.717) is 18.2 Å². The van der Waals surface area contributed by atoms with E-state index in [0.717, 1.165) is 9.92 Å². The number of nitrogens with zero attached hydrogens (tertiary/aromatic N) is 2. The number of nitrogen functional groups attached to an aromatic ring is 1. The van der Waals surface area contributed by atoms with Crippen LogP contribution in [0, 0.1) is 6.92 Å². The van der Waals surface area contributed by atoms with Crippen LogP contribution in [-0.4, -0.2) is 16.6 Å². The molecule has 1 aromatic carbocycles. The summed E-state index contributed by atoms with van der Waals surface area (Å²) in [6.45, 7) is 4.49. The molecule has 1 heterocycles. The molecular weight excluding hydrogens is 246 g/mol. The number of aryl methyl sites for hydroxylation is 1. The monoisotopic (exact) mass is 261 g/mol. The molecule has 18 heavy (non-hydrogen) atoms. The van der Waals surface area contributed by atoms with Crippen LogP contribution in [0.15, 0.2) is 40.5 Å². The average molecular weight is 261 g/mol. The fourth-order valence-corrected chi connectivity index (χ4v) is 2.40. The van der Waals surface area contributed by atoms with E-state index in [1.165, 1.54) is 23.7 Å². The van der Waals surface area contributed by atoms with Gasteiger partial charge >= 0.3 is 0 Å². The van der Waals surface area contributed by atoms with Gasteiger partial charge in [-0.1, -0.05) is 29.5 Å². The highest BCUT2D eigenvalue weighted by atomic mass is 32.2. The van der Waals surface area contributed by atoms with Crippen molar-refractivity contribution in [1.29, 1.82) is 0 Å². The maximum atomic E-state index is 5.98. The summed E-state index contributed by atoms with van der Waals surface area (Å²) in [5, 5.41) is 0.721. The summed E-state index contributed by atoms with van der Waals surface area (Å²) in [5.74, 6) is 0.447. The molecule has 0 unspecified atom stereocenters. The lowest BCUT2D eigenvalue weighted by molar-refractivity contribution is 0.327. The van der Waals surface area contributed by atoms with Gasteiger partial charge in [-0.05, 0) is 26.0 Å². The number of benzene rings is 1. The van der Waals surface area contributed by atoms with Crippen molar-refractivity contribution >= 4 is 17.4 Å². The Morgan fingerprint density at radius 3 is 2.89 bits per heavy atom. The second-order valence-electron chi connectivity index (χ2n) is 3.75. The van der Waals surface area contributed by atoms with Crippen molar-refractivity contribution in [2.45, 2.75) is 23.8 Å². The first-order valence-electron chi connectivity index (χ1n) is 5.68. The first-order chi connectivity index (χ1) is 8.70. The molecule has 2 rings (SSSR count). The lowest BCUT2D eigenvalue weighted by Crippen LogP contribution is -2.02. The topological polar surface area (TPSA) is 61.0 Å². The predicted molar refractivity (Wildman–Crippen MR) is 72.9 cm³/mol. The molecule has 0 aliphatic heterocycles. The molecule has 0 fully saturated rings. The largest absolute Gasteiger partial charge is 0.476 e. The second kappa shape index (κ2) is 5.73. The minimum atomic E-state index is 0.447. The van der Waals surface area contributed by atoms with Crippen LogP contribution in [0.25, 0.3) is 0 Å². The molecule has 0 spiro atoms. The Morgan fingerprint density at radius 1 is 1.33 bits per heavy atom. The van der Waals surface area contributed by atoms with Crippen molar-refractivity contribution in [2.75, 3.05) is 12.3 Å². The third-order valence-electron chi connectivity index (χ3n) is 2.30. The number of hydrogen-bond donors (Lipinski definition) is 1. The summed E-state index contributed by atoms with van der Waals surface area (Å²) in [7, 11) is 0. The van der Waals surface area contributed by atoms with E-state index in [1.54, 1.807) is 0 Å². The van der Waals surface area contributed by atoms with E-state index >= 15 is 0 Å². The van der Waals surface area contributed by atoms with Gasteiger partial charge in [0, 0.05) is 4.90 Å². The van der Waals surface area contributed by atoms with Crippen LogP contribution < -0.4 is 10.5 Å². The maximum absolute atomic E-state index is 5.98. The molecule has 4 nitrogen and oxygen atoms in total. The average Bonchev–Trinajstić information content (AvgIpc) is 2.35. The SMILES string of the molecule is CCOc1ncnc(Sc2cccc(C)c2)c1N. The predicted octanol–water partition coefficient (Wildman–Crippen LogP) is 2.92. The molecule has 0 aliphatic carbocycles. The van der Waals surface area contributed by atoms with E-state index in [2.05, 4.69) is 29.0 Å². The molecule has 0 bridgehead atoms. The van der Waals surface area contributed by atoms with Gasteiger partial charge in [-0.15, -0.1) is 0 Å². The number of rotatable bonds is 4. The van der Waals surface area contributed by atoms with Gasteiger partial charge in [-0.2, -0.15) is 4.98 Å². The van der Waals surface area contributed by atoms with Crippen molar-refractivity contribution in [2.24, 2.45) is 0 Å². The van der Waals surface area contributed by atoms with E-state index in [1.807, 2.05) is 19.1 Å². The van der Waals surface area contributed by atoms with Gasteiger partial charge in [0.1, 0.15) is 17.0 Å². The summed E-state index contributed by atoms with van der Waals surface area (Å²) < 4.78 is 5.35. The Bertz CT molecular complexity index is 546. The van der Waals surface area contributed by atoms with Crippen LogP contribution >= 0.6 is 11.8 Å². The molecule has 0 atom stereocenters.